The molecule has 0 saturated carbocycles. The smallest absolute Gasteiger partial charge is 0.137 e. The van der Waals surface area contributed by atoms with Gasteiger partial charge in [-0.25, -0.2) is 9.97 Å². The number of anilines is 1. The topological polar surface area (TPSA) is 58.0 Å². The second-order valence-corrected chi connectivity index (χ2v) is 3.97. The van der Waals surface area contributed by atoms with Gasteiger partial charge in [-0.05, 0) is 19.8 Å². The monoisotopic (exact) mass is 243 g/mol. The Bertz CT molecular complexity index is 344. The van der Waals surface area contributed by atoms with E-state index in [1.54, 1.807) is 0 Å². The van der Waals surface area contributed by atoms with Gasteiger partial charge in [-0.3, -0.25) is 0 Å². The number of nitrogens with one attached hydrogen (secondary N) is 1. The van der Waals surface area contributed by atoms with Crippen molar-refractivity contribution in [2.24, 2.45) is 0 Å². The zero-order chi connectivity index (χ0) is 12.0. The van der Waals surface area contributed by atoms with Gasteiger partial charge in [-0.1, -0.05) is 18.5 Å². The van der Waals surface area contributed by atoms with Crippen LogP contribution in [-0.2, 0) is 6.42 Å². The number of hydrogen-bond acceptors (Lipinski definition) is 4. The van der Waals surface area contributed by atoms with E-state index in [4.69, 9.17) is 16.7 Å². The van der Waals surface area contributed by atoms with Crippen molar-refractivity contribution in [3.8, 4) is 0 Å². The van der Waals surface area contributed by atoms with Crippen LogP contribution in [0, 0.1) is 6.92 Å². The number of aryl methyl sites for hydroxylation is 1. The van der Waals surface area contributed by atoms with Gasteiger partial charge >= 0.3 is 0 Å². The van der Waals surface area contributed by atoms with Crippen LogP contribution in [0.5, 0.6) is 0 Å². The third-order valence-electron chi connectivity index (χ3n) is 2.33. The second kappa shape index (κ2) is 6.66. The van der Waals surface area contributed by atoms with Crippen LogP contribution >= 0.6 is 11.6 Å². The van der Waals surface area contributed by atoms with Crippen molar-refractivity contribution in [2.75, 3.05) is 18.5 Å². The van der Waals surface area contributed by atoms with E-state index in [9.17, 15) is 0 Å². The lowest BCUT2D eigenvalue weighted by atomic mass is 10.3. The zero-order valence-corrected chi connectivity index (χ0v) is 10.5. The Balaban J connectivity index is 2.66. The van der Waals surface area contributed by atoms with E-state index >= 15 is 0 Å². The van der Waals surface area contributed by atoms with Crippen LogP contribution < -0.4 is 5.32 Å². The Labute approximate surface area is 101 Å². The lowest BCUT2D eigenvalue weighted by Crippen LogP contribution is -2.08. The SMILES string of the molecule is CCc1nc(Cl)c(C)c(NCCCCO)n1. The first-order chi connectivity index (χ1) is 7.69. The molecule has 1 rings (SSSR count). The normalized spacial score (nSPS) is 10.5. The van der Waals surface area contributed by atoms with E-state index in [-0.39, 0.29) is 6.61 Å². The van der Waals surface area contributed by atoms with Gasteiger partial charge in [-0.2, -0.15) is 0 Å². The summed E-state index contributed by atoms with van der Waals surface area (Å²) < 4.78 is 0. The van der Waals surface area contributed by atoms with Gasteiger partial charge in [0.2, 0.25) is 0 Å². The highest BCUT2D eigenvalue weighted by Gasteiger charge is 2.07. The summed E-state index contributed by atoms with van der Waals surface area (Å²) in [6.45, 7) is 4.91. The molecule has 0 atom stereocenters. The van der Waals surface area contributed by atoms with Crippen molar-refractivity contribution in [1.29, 1.82) is 0 Å². The number of nitrogens with zero attached hydrogens (tertiary/aromatic N) is 2. The Hall–Kier alpha value is -0.870. The van der Waals surface area contributed by atoms with Crippen LogP contribution in [0.4, 0.5) is 5.82 Å². The molecule has 0 fully saturated rings. The van der Waals surface area contributed by atoms with Crippen LogP contribution in [0.2, 0.25) is 5.15 Å². The summed E-state index contributed by atoms with van der Waals surface area (Å²) in [4.78, 5) is 8.55. The Morgan fingerprint density at radius 3 is 2.69 bits per heavy atom. The molecule has 1 aromatic heterocycles. The maximum absolute atomic E-state index is 8.67. The molecule has 0 spiro atoms. The Morgan fingerprint density at radius 1 is 1.31 bits per heavy atom. The van der Waals surface area contributed by atoms with Crippen molar-refractivity contribution in [1.82, 2.24) is 9.97 Å². The predicted octanol–water partition coefficient (Wildman–Crippen LogP) is 2.19. The summed E-state index contributed by atoms with van der Waals surface area (Å²) in [5.41, 5.74) is 0.878. The second-order valence-electron chi connectivity index (χ2n) is 3.62. The molecule has 0 radical (unpaired) electrons. The molecule has 0 unspecified atom stereocenters. The quantitative estimate of drug-likeness (QED) is 0.594. The van der Waals surface area contributed by atoms with Crippen molar-refractivity contribution < 1.29 is 5.11 Å². The maximum atomic E-state index is 8.67. The third kappa shape index (κ3) is 3.61. The highest BCUT2D eigenvalue weighted by molar-refractivity contribution is 6.30. The highest BCUT2D eigenvalue weighted by Crippen LogP contribution is 2.19. The van der Waals surface area contributed by atoms with E-state index in [0.29, 0.717) is 5.15 Å². The van der Waals surface area contributed by atoms with Crippen LogP contribution in [-0.4, -0.2) is 28.2 Å². The van der Waals surface area contributed by atoms with Crippen LogP contribution in [0.1, 0.15) is 31.2 Å². The molecule has 0 aliphatic carbocycles. The molecule has 0 bridgehead atoms. The number of rotatable bonds is 6. The lowest BCUT2D eigenvalue weighted by molar-refractivity contribution is 0.286. The van der Waals surface area contributed by atoms with Crippen molar-refractivity contribution in [3.05, 3.63) is 16.5 Å². The molecular weight excluding hydrogens is 226 g/mol. The largest absolute Gasteiger partial charge is 0.396 e. The van der Waals surface area contributed by atoms with Crippen LogP contribution in [0.25, 0.3) is 0 Å². The molecule has 4 nitrogen and oxygen atoms in total. The van der Waals surface area contributed by atoms with Gasteiger partial charge in [0, 0.05) is 25.1 Å². The fourth-order valence-electron chi connectivity index (χ4n) is 1.31. The van der Waals surface area contributed by atoms with Gasteiger partial charge in [-0.15, -0.1) is 0 Å². The van der Waals surface area contributed by atoms with E-state index in [2.05, 4.69) is 15.3 Å². The fourth-order valence-corrected chi connectivity index (χ4v) is 1.49. The maximum Gasteiger partial charge on any atom is 0.137 e. The average Bonchev–Trinajstić information content (AvgIpc) is 2.29. The first-order valence-corrected chi connectivity index (χ1v) is 5.94. The van der Waals surface area contributed by atoms with Crippen molar-refractivity contribution in [2.45, 2.75) is 33.1 Å². The standard InChI is InChI=1S/C11H18ClN3O/c1-3-9-14-10(12)8(2)11(15-9)13-6-4-5-7-16/h16H,3-7H2,1-2H3,(H,13,14,15). The van der Waals surface area contributed by atoms with Crippen molar-refractivity contribution in [3.63, 3.8) is 0 Å². The molecule has 2 N–H and O–H groups in total. The molecule has 1 heterocycles. The minimum Gasteiger partial charge on any atom is -0.396 e. The van der Waals surface area contributed by atoms with E-state index in [1.807, 2.05) is 13.8 Å². The summed E-state index contributed by atoms with van der Waals surface area (Å²) in [6.07, 6.45) is 2.48. The molecule has 90 valence electrons. The molecule has 0 aromatic carbocycles. The number of aliphatic hydroxyl groups excluding tert-OH is 1. The number of aromatic nitrogens is 2. The number of unbranched alkanes of at least 4 members (excludes halogenated alkanes) is 1. The van der Waals surface area contributed by atoms with E-state index in [1.165, 1.54) is 0 Å². The Morgan fingerprint density at radius 2 is 2.06 bits per heavy atom. The van der Waals surface area contributed by atoms with Crippen LogP contribution in [0.15, 0.2) is 0 Å². The highest BCUT2D eigenvalue weighted by atomic mass is 35.5. The van der Waals surface area contributed by atoms with Gasteiger partial charge < -0.3 is 10.4 Å². The molecule has 16 heavy (non-hydrogen) atoms. The minimum absolute atomic E-state index is 0.228. The number of aliphatic hydroxyl groups is 1. The van der Waals surface area contributed by atoms with Crippen LogP contribution in [0.3, 0.4) is 0 Å². The van der Waals surface area contributed by atoms with Gasteiger partial charge in [0.15, 0.2) is 0 Å². The molecular formula is C11H18ClN3O. The van der Waals surface area contributed by atoms with Gasteiger partial charge in [0.05, 0.1) is 0 Å². The summed E-state index contributed by atoms with van der Waals surface area (Å²) in [5.74, 6) is 1.55. The number of halogens is 1. The summed E-state index contributed by atoms with van der Waals surface area (Å²) in [5, 5.41) is 12.4. The first kappa shape index (κ1) is 13.2. The van der Waals surface area contributed by atoms with Crippen molar-refractivity contribution >= 4 is 17.4 Å². The molecule has 0 aliphatic rings. The predicted molar refractivity (Wildman–Crippen MR) is 66.0 cm³/mol. The molecule has 0 saturated heterocycles. The van der Waals surface area contributed by atoms with Gasteiger partial charge in [0.1, 0.15) is 16.8 Å². The van der Waals surface area contributed by atoms with E-state index < -0.39 is 0 Å². The lowest BCUT2D eigenvalue weighted by Gasteiger charge is -2.10. The molecule has 0 aliphatic heterocycles. The summed E-state index contributed by atoms with van der Waals surface area (Å²) >= 11 is 6.01. The average molecular weight is 244 g/mol. The summed E-state index contributed by atoms with van der Waals surface area (Å²) in [7, 11) is 0. The number of hydrogen-bond donors (Lipinski definition) is 2. The summed E-state index contributed by atoms with van der Waals surface area (Å²) in [6, 6.07) is 0. The molecule has 1 aromatic rings. The first-order valence-electron chi connectivity index (χ1n) is 5.56. The third-order valence-corrected chi connectivity index (χ3v) is 2.69. The molecule has 5 heteroatoms. The molecule has 0 amide bonds. The van der Waals surface area contributed by atoms with Gasteiger partial charge in [0.25, 0.3) is 0 Å². The minimum atomic E-state index is 0.228. The Kier molecular flexibility index (Phi) is 5.49. The van der Waals surface area contributed by atoms with E-state index in [0.717, 1.165) is 43.0 Å². The zero-order valence-electron chi connectivity index (χ0n) is 9.76. The fraction of sp³-hybridized carbons (Fsp3) is 0.636.